The molecule has 6 rings (SSSR count). The van der Waals surface area contributed by atoms with Crippen molar-refractivity contribution in [2.45, 2.75) is 37.5 Å². The highest BCUT2D eigenvalue weighted by Gasteiger charge is 2.67. The number of fused-ring (bicyclic) bond motifs is 2. The molecular formula is C26H26N2O5. The number of nitrogens with zero attached hydrogens (tertiary/aromatic N) is 1. The highest BCUT2D eigenvalue weighted by molar-refractivity contribution is 6.03. The molecule has 2 fully saturated rings. The van der Waals surface area contributed by atoms with Crippen LogP contribution in [0.1, 0.15) is 18.9 Å². The van der Waals surface area contributed by atoms with Crippen molar-refractivity contribution in [3.05, 3.63) is 66.2 Å². The van der Waals surface area contributed by atoms with Gasteiger partial charge in [-0.15, -0.1) is 0 Å². The Hall–Kier alpha value is -3.32. The molecule has 0 aliphatic carbocycles. The largest absolute Gasteiger partial charge is 0.454 e. The lowest BCUT2D eigenvalue weighted by Gasteiger charge is -2.25. The van der Waals surface area contributed by atoms with Gasteiger partial charge >= 0.3 is 0 Å². The number of carbonyl (C=O) groups is 2. The average Bonchev–Trinajstić information content (AvgIpc) is 3.58. The molecule has 4 heterocycles. The quantitative estimate of drug-likeness (QED) is 0.691. The number of anilines is 1. The van der Waals surface area contributed by atoms with Crippen molar-refractivity contribution >= 4 is 17.5 Å². The molecule has 0 radical (unpaired) electrons. The average molecular weight is 447 g/mol. The Morgan fingerprint density at radius 2 is 2.00 bits per heavy atom. The minimum atomic E-state index is -0.757. The number of carbonyl (C=O) groups excluding carboxylic acids is 2. The van der Waals surface area contributed by atoms with Crippen molar-refractivity contribution in [3.63, 3.8) is 0 Å². The molecule has 7 heteroatoms. The lowest BCUT2D eigenvalue weighted by molar-refractivity contribution is -0.132. The molecule has 33 heavy (non-hydrogen) atoms. The van der Waals surface area contributed by atoms with Gasteiger partial charge < -0.3 is 24.4 Å². The molecule has 2 amide bonds. The summed E-state index contributed by atoms with van der Waals surface area (Å²) in [5.41, 5.74) is 1.21. The Morgan fingerprint density at radius 1 is 1.18 bits per heavy atom. The summed E-state index contributed by atoms with van der Waals surface area (Å²) in [6.45, 7) is 2.57. The summed E-state index contributed by atoms with van der Waals surface area (Å²) in [4.78, 5) is 28.6. The summed E-state index contributed by atoms with van der Waals surface area (Å²) in [6, 6.07) is 15.7. The van der Waals surface area contributed by atoms with Crippen molar-refractivity contribution in [3.8, 4) is 11.5 Å². The first-order valence-electron chi connectivity index (χ1n) is 11.5. The van der Waals surface area contributed by atoms with E-state index in [0.29, 0.717) is 18.0 Å². The van der Waals surface area contributed by atoms with Crippen LogP contribution in [0.2, 0.25) is 0 Å². The number of ether oxygens (including phenoxy) is 3. The standard InChI is InChI=1S/C26H26N2O5/c1-16(7-8-17-5-3-2-4-6-17)27-24(29)22-20-11-12-26(33-20)14-28(25(30)23(22)26)18-9-10-19-21(13-18)32-15-31-19/h2-6,9-13,16,20,22-23H,7-8,14-15H2,1H3,(H,27,29)/t16-,20+,22-,23+,26+/m1/s1. The third kappa shape index (κ3) is 3.30. The van der Waals surface area contributed by atoms with E-state index >= 15 is 0 Å². The predicted molar refractivity (Wildman–Crippen MR) is 121 cm³/mol. The summed E-state index contributed by atoms with van der Waals surface area (Å²) in [7, 11) is 0. The van der Waals surface area contributed by atoms with Gasteiger partial charge in [-0.05, 0) is 37.5 Å². The zero-order valence-electron chi connectivity index (χ0n) is 18.4. The fraction of sp³-hybridized carbons (Fsp3) is 0.385. The van der Waals surface area contributed by atoms with Crippen LogP contribution in [0.15, 0.2) is 60.7 Å². The smallest absolute Gasteiger partial charge is 0.234 e. The van der Waals surface area contributed by atoms with Crippen LogP contribution in [-0.4, -0.2) is 42.9 Å². The van der Waals surface area contributed by atoms with E-state index in [1.165, 1.54) is 5.56 Å². The Labute approximate surface area is 192 Å². The molecule has 0 aromatic heterocycles. The molecule has 4 aliphatic rings. The Kier molecular flexibility index (Phi) is 4.69. The van der Waals surface area contributed by atoms with E-state index in [1.54, 1.807) is 4.90 Å². The molecule has 170 valence electrons. The summed E-state index contributed by atoms with van der Waals surface area (Å²) in [6.07, 6.45) is 5.26. The van der Waals surface area contributed by atoms with Gasteiger partial charge in [0, 0.05) is 17.8 Å². The van der Waals surface area contributed by atoms with E-state index in [0.717, 1.165) is 18.5 Å². The summed E-state index contributed by atoms with van der Waals surface area (Å²) in [5.74, 6) is 0.0372. The summed E-state index contributed by atoms with van der Waals surface area (Å²) < 4.78 is 17.1. The number of rotatable bonds is 6. The van der Waals surface area contributed by atoms with E-state index in [4.69, 9.17) is 14.2 Å². The van der Waals surface area contributed by atoms with Gasteiger partial charge in [0.1, 0.15) is 5.60 Å². The topological polar surface area (TPSA) is 77.1 Å². The van der Waals surface area contributed by atoms with E-state index in [-0.39, 0.29) is 30.8 Å². The predicted octanol–water partition coefficient (Wildman–Crippen LogP) is 2.84. The van der Waals surface area contributed by atoms with E-state index in [1.807, 2.05) is 55.5 Å². The lowest BCUT2D eigenvalue weighted by Crippen LogP contribution is -2.46. The second-order valence-corrected chi connectivity index (χ2v) is 9.30. The van der Waals surface area contributed by atoms with Gasteiger partial charge in [-0.1, -0.05) is 42.5 Å². The number of amides is 2. The second kappa shape index (κ2) is 7.63. The molecule has 1 N–H and O–H groups in total. The van der Waals surface area contributed by atoms with Crippen LogP contribution in [0.25, 0.3) is 0 Å². The Morgan fingerprint density at radius 3 is 2.85 bits per heavy atom. The first-order valence-corrected chi connectivity index (χ1v) is 11.5. The zero-order valence-corrected chi connectivity index (χ0v) is 18.4. The maximum Gasteiger partial charge on any atom is 0.234 e. The van der Waals surface area contributed by atoms with Gasteiger partial charge in [0.25, 0.3) is 0 Å². The van der Waals surface area contributed by atoms with Crippen molar-refractivity contribution in [2.24, 2.45) is 11.8 Å². The second-order valence-electron chi connectivity index (χ2n) is 9.30. The fourth-order valence-electron chi connectivity index (χ4n) is 5.51. The van der Waals surface area contributed by atoms with Gasteiger partial charge in [0.05, 0.1) is 24.5 Å². The van der Waals surface area contributed by atoms with Crippen molar-refractivity contribution in [1.82, 2.24) is 5.32 Å². The molecule has 2 aromatic rings. The maximum absolute atomic E-state index is 13.5. The van der Waals surface area contributed by atoms with Crippen LogP contribution in [0.5, 0.6) is 11.5 Å². The van der Waals surface area contributed by atoms with Gasteiger partial charge in [-0.25, -0.2) is 0 Å². The van der Waals surface area contributed by atoms with Crippen molar-refractivity contribution in [1.29, 1.82) is 0 Å². The highest BCUT2D eigenvalue weighted by atomic mass is 16.7. The summed E-state index contributed by atoms with van der Waals surface area (Å²) >= 11 is 0. The van der Waals surface area contributed by atoms with E-state index in [2.05, 4.69) is 17.4 Å². The lowest BCUT2D eigenvalue weighted by atomic mass is 9.76. The van der Waals surface area contributed by atoms with E-state index in [9.17, 15) is 9.59 Å². The number of hydrogen-bond donors (Lipinski definition) is 1. The molecule has 5 atom stereocenters. The van der Waals surface area contributed by atoms with Crippen molar-refractivity contribution in [2.75, 3.05) is 18.2 Å². The maximum atomic E-state index is 13.5. The zero-order chi connectivity index (χ0) is 22.6. The molecule has 0 saturated carbocycles. The van der Waals surface area contributed by atoms with Crippen molar-refractivity contribution < 1.29 is 23.8 Å². The van der Waals surface area contributed by atoms with Crippen LogP contribution >= 0.6 is 0 Å². The molecule has 2 bridgehead atoms. The van der Waals surface area contributed by atoms with Crippen LogP contribution in [0.3, 0.4) is 0 Å². The van der Waals surface area contributed by atoms with Crippen LogP contribution in [0.4, 0.5) is 5.69 Å². The van der Waals surface area contributed by atoms with E-state index < -0.39 is 17.4 Å². The minimum Gasteiger partial charge on any atom is -0.454 e. The monoisotopic (exact) mass is 446 g/mol. The van der Waals surface area contributed by atoms with Gasteiger partial charge in [0.15, 0.2) is 11.5 Å². The number of hydrogen-bond acceptors (Lipinski definition) is 5. The van der Waals surface area contributed by atoms with Gasteiger partial charge in [-0.2, -0.15) is 0 Å². The number of benzene rings is 2. The molecule has 4 aliphatic heterocycles. The van der Waals surface area contributed by atoms with Gasteiger partial charge in [-0.3, -0.25) is 9.59 Å². The third-order valence-electron chi connectivity index (χ3n) is 7.17. The Balaban J connectivity index is 1.17. The molecule has 2 aromatic carbocycles. The molecular weight excluding hydrogens is 420 g/mol. The number of aryl methyl sites for hydroxylation is 1. The Bertz CT molecular complexity index is 1130. The number of nitrogens with one attached hydrogen (secondary N) is 1. The van der Waals surface area contributed by atoms with Crippen LogP contribution in [-0.2, 0) is 20.7 Å². The summed E-state index contributed by atoms with van der Waals surface area (Å²) in [5, 5.41) is 3.14. The highest BCUT2D eigenvalue weighted by Crippen LogP contribution is 2.53. The normalized spacial score (nSPS) is 29.4. The fourth-order valence-corrected chi connectivity index (χ4v) is 5.51. The molecule has 0 unspecified atom stereocenters. The first kappa shape index (κ1) is 20.3. The minimum absolute atomic E-state index is 0.00164. The molecule has 1 spiro atoms. The van der Waals surface area contributed by atoms with Crippen LogP contribution in [0, 0.1) is 11.8 Å². The van der Waals surface area contributed by atoms with Gasteiger partial charge in [0.2, 0.25) is 18.6 Å². The first-order chi connectivity index (χ1) is 16.0. The SMILES string of the molecule is C[C@H](CCc1ccccc1)NC(=O)[C@@H]1[C@@H]2C=C[C@@]3(CN(c4ccc5c(c4)OCO5)C(=O)[C@H]13)O2. The molecule has 2 saturated heterocycles. The van der Waals surface area contributed by atoms with Crippen LogP contribution < -0.4 is 19.7 Å². The molecule has 7 nitrogen and oxygen atoms in total. The third-order valence-corrected chi connectivity index (χ3v) is 7.17.